The third kappa shape index (κ3) is 2.72. The third-order valence-corrected chi connectivity index (χ3v) is 3.17. The fraction of sp³-hybridized carbons (Fsp3) is 0.133. The highest BCUT2D eigenvalue weighted by Crippen LogP contribution is 2.27. The SMILES string of the molecule is COC(=O)c1ccc(F)cc1-n1cc(C#N)c(N)c1C(=O)OC. The van der Waals surface area contributed by atoms with E-state index in [1.807, 2.05) is 6.07 Å². The summed E-state index contributed by atoms with van der Waals surface area (Å²) < 4.78 is 24.0. The van der Waals surface area contributed by atoms with E-state index in [-0.39, 0.29) is 28.2 Å². The van der Waals surface area contributed by atoms with E-state index in [9.17, 15) is 14.0 Å². The lowest BCUT2D eigenvalue weighted by Crippen LogP contribution is -2.14. The molecule has 0 spiro atoms. The normalized spacial score (nSPS) is 10.0. The Bertz CT molecular complexity index is 836. The number of rotatable bonds is 3. The van der Waals surface area contributed by atoms with Crippen LogP contribution in [0, 0.1) is 17.1 Å². The van der Waals surface area contributed by atoms with Crippen LogP contribution >= 0.6 is 0 Å². The second kappa shape index (κ2) is 6.19. The zero-order valence-corrected chi connectivity index (χ0v) is 12.3. The van der Waals surface area contributed by atoms with Gasteiger partial charge >= 0.3 is 11.9 Å². The first-order chi connectivity index (χ1) is 10.9. The summed E-state index contributed by atoms with van der Waals surface area (Å²) in [5.41, 5.74) is 5.46. The number of ether oxygens (including phenoxy) is 2. The number of carbonyl (C=O) groups excluding carboxylic acids is 2. The van der Waals surface area contributed by atoms with Crippen molar-refractivity contribution in [1.82, 2.24) is 4.57 Å². The first-order valence-corrected chi connectivity index (χ1v) is 6.32. The number of esters is 2. The van der Waals surface area contributed by atoms with Crippen molar-refractivity contribution in [1.29, 1.82) is 5.26 Å². The van der Waals surface area contributed by atoms with Gasteiger partial charge in [-0.15, -0.1) is 0 Å². The summed E-state index contributed by atoms with van der Waals surface area (Å²) in [6, 6.07) is 5.13. The molecule has 1 aromatic heterocycles. The van der Waals surface area contributed by atoms with Crippen LogP contribution < -0.4 is 5.73 Å². The topological polar surface area (TPSA) is 107 Å². The van der Waals surface area contributed by atoms with Gasteiger partial charge in [0.1, 0.15) is 11.9 Å². The molecule has 0 bridgehead atoms. The summed E-state index contributed by atoms with van der Waals surface area (Å²) in [6.07, 6.45) is 1.22. The number of anilines is 1. The molecule has 0 aliphatic carbocycles. The first kappa shape index (κ1) is 16.0. The van der Waals surface area contributed by atoms with Gasteiger partial charge in [0.25, 0.3) is 0 Å². The molecule has 0 atom stereocenters. The average Bonchev–Trinajstić information content (AvgIpc) is 2.89. The molecule has 0 fully saturated rings. The van der Waals surface area contributed by atoms with Gasteiger partial charge in [-0.3, -0.25) is 0 Å². The Hall–Kier alpha value is -3.34. The van der Waals surface area contributed by atoms with Crippen LogP contribution in [0.15, 0.2) is 24.4 Å². The van der Waals surface area contributed by atoms with Crippen LogP contribution in [-0.2, 0) is 9.47 Å². The van der Waals surface area contributed by atoms with E-state index in [1.54, 1.807) is 0 Å². The number of methoxy groups -OCH3 is 2. The van der Waals surface area contributed by atoms with Gasteiger partial charge < -0.3 is 19.8 Å². The molecule has 1 heterocycles. The van der Waals surface area contributed by atoms with Crippen molar-refractivity contribution in [3.63, 3.8) is 0 Å². The van der Waals surface area contributed by atoms with E-state index in [0.717, 1.165) is 23.8 Å². The van der Waals surface area contributed by atoms with Crippen molar-refractivity contribution < 1.29 is 23.5 Å². The van der Waals surface area contributed by atoms with Crippen LogP contribution in [0.2, 0.25) is 0 Å². The summed E-state index contributed by atoms with van der Waals surface area (Å²) in [7, 11) is 2.30. The average molecular weight is 317 g/mol. The molecule has 0 aliphatic rings. The molecule has 23 heavy (non-hydrogen) atoms. The highest BCUT2D eigenvalue weighted by atomic mass is 19.1. The maximum atomic E-state index is 13.6. The van der Waals surface area contributed by atoms with Gasteiger partial charge in [-0.25, -0.2) is 14.0 Å². The van der Waals surface area contributed by atoms with Crippen LogP contribution in [0.25, 0.3) is 5.69 Å². The highest BCUT2D eigenvalue weighted by Gasteiger charge is 2.25. The number of hydrogen-bond donors (Lipinski definition) is 1. The Morgan fingerprint density at radius 1 is 1.26 bits per heavy atom. The minimum absolute atomic E-state index is 0.00135. The Morgan fingerprint density at radius 3 is 2.48 bits per heavy atom. The summed E-state index contributed by atoms with van der Waals surface area (Å²) in [5, 5.41) is 9.08. The molecule has 8 heteroatoms. The third-order valence-electron chi connectivity index (χ3n) is 3.17. The van der Waals surface area contributed by atoms with Crippen molar-refractivity contribution >= 4 is 17.6 Å². The summed E-state index contributed by atoms with van der Waals surface area (Å²) in [6.45, 7) is 0. The molecule has 0 aliphatic heterocycles. The van der Waals surface area contributed by atoms with Gasteiger partial charge in [-0.2, -0.15) is 5.26 Å². The van der Waals surface area contributed by atoms with Crippen molar-refractivity contribution in [2.24, 2.45) is 0 Å². The van der Waals surface area contributed by atoms with Crippen LogP contribution in [0.5, 0.6) is 0 Å². The number of halogens is 1. The lowest BCUT2D eigenvalue weighted by atomic mass is 10.1. The van der Waals surface area contributed by atoms with Crippen LogP contribution in [0.1, 0.15) is 26.4 Å². The molecule has 0 saturated heterocycles. The van der Waals surface area contributed by atoms with E-state index in [2.05, 4.69) is 9.47 Å². The molecule has 2 aromatic rings. The van der Waals surface area contributed by atoms with Gasteiger partial charge in [-0.1, -0.05) is 0 Å². The van der Waals surface area contributed by atoms with Crippen molar-refractivity contribution in [3.05, 3.63) is 47.0 Å². The Kier molecular flexibility index (Phi) is 4.32. The quantitative estimate of drug-likeness (QED) is 0.862. The number of nitrogens with two attached hydrogens (primary N) is 1. The molecule has 0 radical (unpaired) electrons. The van der Waals surface area contributed by atoms with E-state index in [1.165, 1.54) is 19.4 Å². The van der Waals surface area contributed by atoms with Crippen molar-refractivity contribution in [2.75, 3.05) is 20.0 Å². The number of aromatic nitrogens is 1. The predicted molar refractivity (Wildman–Crippen MR) is 77.5 cm³/mol. The molecule has 7 nitrogen and oxygen atoms in total. The Balaban J connectivity index is 2.82. The first-order valence-electron chi connectivity index (χ1n) is 6.32. The number of benzene rings is 1. The van der Waals surface area contributed by atoms with Crippen LogP contribution in [0.4, 0.5) is 10.1 Å². The van der Waals surface area contributed by atoms with E-state index in [4.69, 9.17) is 11.0 Å². The number of carbonyl (C=O) groups is 2. The van der Waals surface area contributed by atoms with E-state index >= 15 is 0 Å². The molecule has 0 saturated carbocycles. The molecule has 0 amide bonds. The minimum Gasteiger partial charge on any atom is -0.465 e. The van der Waals surface area contributed by atoms with Crippen molar-refractivity contribution in [2.45, 2.75) is 0 Å². The predicted octanol–water partition coefficient (Wildman–Crippen LogP) is 1.64. The molecular weight excluding hydrogens is 305 g/mol. The zero-order chi connectivity index (χ0) is 17.1. The van der Waals surface area contributed by atoms with Gasteiger partial charge in [0, 0.05) is 6.20 Å². The maximum absolute atomic E-state index is 13.6. The van der Waals surface area contributed by atoms with Gasteiger partial charge in [-0.05, 0) is 18.2 Å². The standard InChI is InChI=1S/C15H12FN3O4/c1-22-14(20)10-4-3-9(16)5-11(10)19-7-8(6-17)12(18)13(19)15(21)23-2/h3-5,7H,18H2,1-2H3. The van der Waals surface area contributed by atoms with Gasteiger partial charge in [0.2, 0.25) is 0 Å². The second-order valence-corrected chi connectivity index (χ2v) is 4.43. The van der Waals surface area contributed by atoms with E-state index < -0.39 is 17.8 Å². The fourth-order valence-corrected chi connectivity index (χ4v) is 2.09. The monoisotopic (exact) mass is 317 g/mol. The lowest BCUT2D eigenvalue weighted by molar-refractivity contribution is 0.0582. The summed E-state index contributed by atoms with van der Waals surface area (Å²) in [5.74, 6) is -2.21. The fourth-order valence-electron chi connectivity index (χ4n) is 2.09. The Labute approximate surface area is 130 Å². The van der Waals surface area contributed by atoms with Crippen molar-refractivity contribution in [3.8, 4) is 11.8 Å². The number of nitrogens with zero attached hydrogens (tertiary/aromatic N) is 2. The number of hydrogen-bond acceptors (Lipinski definition) is 6. The highest BCUT2D eigenvalue weighted by molar-refractivity contribution is 5.98. The lowest BCUT2D eigenvalue weighted by Gasteiger charge is -2.12. The van der Waals surface area contributed by atoms with Gasteiger partial charge in [0.05, 0.1) is 36.7 Å². The van der Waals surface area contributed by atoms with E-state index in [0.29, 0.717) is 0 Å². The summed E-state index contributed by atoms with van der Waals surface area (Å²) in [4.78, 5) is 23.8. The molecular formula is C15H12FN3O4. The van der Waals surface area contributed by atoms with Crippen LogP contribution in [0.3, 0.4) is 0 Å². The number of nitrogen functional groups attached to an aromatic ring is 1. The largest absolute Gasteiger partial charge is 0.465 e. The number of nitriles is 1. The molecule has 118 valence electrons. The minimum atomic E-state index is -0.830. The molecule has 0 unspecified atom stereocenters. The molecule has 2 N–H and O–H groups in total. The maximum Gasteiger partial charge on any atom is 0.357 e. The second-order valence-electron chi connectivity index (χ2n) is 4.43. The van der Waals surface area contributed by atoms with Crippen LogP contribution in [-0.4, -0.2) is 30.7 Å². The van der Waals surface area contributed by atoms with Gasteiger partial charge in [0.15, 0.2) is 5.69 Å². The smallest absolute Gasteiger partial charge is 0.357 e. The summed E-state index contributed by atoms with van der Waals surface area (Å²) >= 11 is 0. The Morgan fingerprint density at radius 2 is 1.91 bits per heavy atom. The molecule has 1 aromatic carbocycles. The zero-order valence-electron chi connectivity index (χ0n) is 12.3. The molecule has 2 rings (SSSR count).